The monoisotopic (exact) mass is 292 g/mol. The molecule has 1 aromatic heterocycles. The predicted molar refractivity (Wildman–Crippen MR) is 73.7 cm³/mol. The van der Waals surface area contributed by atoms with Crippen LogP contribution >= 0.6 is 0 Å². The summed E-state index contributed by atoms with van der Waals surface area (Å²) >= 11 is 0. The Labute approximate surface area is 117 Å². The van der Waals surface area contributed by atoms with Crippen molar-refractivity contribution in [3.8, 4) is 0 Å². The van der Waals surface area contributed by atoms with E-state index < -0.39 is 10.0 Å². The molecule has 0 aliphatic heterocycles. The maximum absolute atomic E-state index is 11.6. The van der Waals surface area contributed by atoms with Crippen molar-refractivity contribution in [3.05, 3.63) is 41.2 Å². The molecule has 106 valence electrons. The summed E-state index contributed by atoms with van der Waals surface area (Å²) in [7, 11) is -3.83. The third-order valence-electron chi connectivity index (χ3n) is 3.38. The molecule has 7 heteroatoms. The van der Waals surface area contributed by atoms with E-state index in [1.807, 2.05) is 31.2 Å². The highest BCUT2D eigenvalue weighted by Gasteiger charge is 2.32. The summed E-state index contributed by atoms with van der Waals surface area (Å²) < 4.78 is 24.8. The molecule has 2 N–H and O–H groups in total. The highest BCUT2D eigenvalue weighted by Crippen LogP contribution is 2.37. The van der Waals surface area contributed by atoms with E-state index in [1.54, 1.807) is 4.57 Å². The molecule has 1 heterocycles. The maximum atomic E-state index is 11.6. The van der Waals surface area contributed by atoms with E-state index in [2.05, 4.69) is 10.2 Å². The summed E-state index contributed by atoms with van der Waals surface area (Å²) in [4.78, 5) is 0. The number of benzene rings is 1. The molecule has 1 aliphatic rings. The van der Waals surface area contributed by atoms with E-state index in [0.717, 1.165) is 18.4 Å². The largest absolute Gasteiger partial charge is 0.297 e. The fraction of sp³-hybridized carbons (Fsp3) is 0.385. The Morgan fingerprint density at radius 3 is 2.45 bits per heavy atom. The van der Waals surface area contributed by atoms with Gasteiger partial charge in [-0.2, -0.15) is 0 Å². The van der Waals surface area contributed by atoms with Gasteiger partial charge in [-0.3, -0.25) is 4.57 Å². The molecule has 20 heavy (non-hydrogen) atoms. The molecule has 1 aromatic carbocycles. The number of aryl methyl sites for hydroxylation is 1. The van der Waals surface area contributed by atoms with Crippen molar-refractivity contribution in [3.63, 3.8) is 0 Å². The van der Waals surface area contributed by atoms with E-state index >= 15 is 0 Å². The van der Waals surface area contributed by atoms with E-state index in [9.17, 15) is 8.42 Å². The van der Waals surface area contributed by atoms with Gasteiger partial charge in [-0.15, -0.1) is 10.2 Å². The number of hydrogen-bond acceptors (Lipinski definition) is 4. The minimum absolute atomic E-state index is 0.123. The Kier molecular flexibility index (Phi) is 3.10. The average Bonchev–Trinajstić information content (AvgIpc) is 3.12. The molecule has 1 aliphatic carbocycles. The summed E-state index contributed by atoms with van der Waals surface area (Å²) in [6, 6.07) is 8.23. The van der Waals surface area contributed by atoms with Crippen LogP contribution in [0.15, 0.2) is 29.4 Å². The first kappa shape index (κ1) is 13.3. The molecule has 0 bridgehead atoms. The van der Waals surface area contributed by atoms with Crippen molar-refractivity contribution < 1.29 is 8.42 Å². The van der Waals surface area contributed by atoms with Gasteiger partial charge in [-0.25, -0.2) is 13.6 Å². The molecule has 1 fully saturated rings. The van der Waals surface area contributed by atoms with Gasteiger partial charge in [0.25, 0.3) is 15.2 Å². The van der Waals surface area contributed by atoms with E-state index in [-0.39, 0.29) is 11.2 Å². The molecule has 1 saturated carbocycles. The summed E-state index contributed by atoms with van der Waals surface area (Å²) in [5.74, 6) is 0.653. The van der Waals surface area contributed by atoms with E-state index in [4.69, 9.17) is 5.14 Å². The van der Waals surface area contributed by atoms with Crippen LogP contribution in [0.4, 0.5) is 0 Å². The lowest BCUT2D eigenvalue weighted by Gasteiger charge is -2.07. The number of sulfonamides is 1. The van der Waals surface area contributed by atoms with Gasteiger partial charge < -0.3 is 0 Å². The summed E-state index contributed by atoms with van der Waals surface area (Å²) in [6.07, 6.45) is 2.45. The van der Waals surface area contributed by atoms with E-state index in [1.165, 1.54) is 5.56 Å². The molecule has 0 spiro atoms. The second-order valence-corrected chi connectivity index (χ2v) is 6.66. The van der Waals surface area contributed by atoms with Crippen molar-refractivity contribution >= 4 is 10.0 Å². The van der Waals surface area contributed by atoms with E-state index in [0.29, 0.717) is 12.2 Å². The Bertz CT molecular complexity index is 730. The summed E-state index contributed by atoms with van der Waals surface area (Å²) in [6.45, 7) is 2.02. The molecule has 0 atom stereocenters. The van der Waals surface area contributed by atoms with Crippen molar-refractivity contribution in [2.75, 3.05) is 0 Å². The topological polar surface area (TPSA) is 90.9 Å². The second-order valence-electron chi connectivity index (χ2n) is 5.21. The van der Waals surface area contributed by atoms with Crippen LogP contribution in [0.2, 0.25) is 0 Å². The summed E-state index contributed by atoms with van der Waals surface area (Å²) in [5.41, 5.74) is 2.26. The Morgan fingerprint density at radius 1 is 1.25 bits per heavy atom. The van der Waals surface area contributed by atoms with Crippen molar-refractivity contribution in [1.82, 2.24) is 14.8 Å². The highest BCUT2D eigenvalue weighted by atomic mass is 32.2. The van der Waals surface area contributed by atoms with Gasteiger partial charge in [0.1, 0.15) is 5.82 Å². The quantitative estimate of drug-likeness (QED) is 0.915. The van der Waals surface area contributed by atoms with Crippen LogP contribution in [0.1, 0.15) is 35.8 Å². The first-order chi connectivity index (χ1) is 9.45. The van der Waals surface area contributed by atoms with Gasteiger partial charge in [-0.1, -0.05) is 29.8 Å². The normalized spacial score (nSPS) is 15.5. The van der Waals surface area contributed by atoms with Crippen LogP contribution in [-0.4, -0.2) is 23.2 Å². The minimum Gasteiger partial charge on any atom is -0.297 e. The van der Waals surface area contributed by atoms with Gasteiger partial charge >= 0.3 is 0 Å². The van der Waals surface area contributed by atoms with Crippen LogP contribution in [-0.2, 0) is 16.4 Å². The molecule has 3 rings (SSSR count). The van der Waals surface area contributed by atoms with Crippen LogP contribution in [0.25, 0.3) is 0 Å². The zero-order chi connectivity index (χ0) is 14.3. The van der Waals surface area contributed by atoms with Crippen LogP contribution in [0, 0.1) is 6.92 Å². The van der Waals surface area contributed by atoms with Gasteiger partial charge in [0.2, 0.25) is 0 Å². The van der Waals surface area contributed by atoms with Crippen LogP contribution in [0.3, 0.4) is 0 Å². The van der Waals surface area contributed by atoms with Gasteiger partial charge in [0, 0.05) is 12.5 Å². The highest BCUT2D eigenvalue weighted by molar-refractivity contribution is 7.89. The fourth-order valence-electron chi connectivity index (χ4n) is 2.21. The van der Waals surface area contributed by atoms with Gasteiger partial charge in [0.05, 0.1) is 0 Å². The average molecular weight is 292 g/mol. The molecule has 6 nitrogen and oxygen atoms in total. The van der Waals surface area contributed by atoms with Crippen LogP contribution in [0.5, 0.6) is 0 Å². The molecular formula is C13H16N4O2S. The second kappa shape index (κ2) is 4.68. The molecule has 0 amide bonds. The third kappa shape index (κ3) is 2.59. The third-order valence-corrected chi connectivity index (χ3v) is 4.17. The Balaban J connectivity index is 1.98. The molecule has 2 aromatic rings. The van der Waals surface area contributed by atoms with Gasteiger partial charge in [0.15, 0.2) is 0 Å². The van der Waals surface area contributed by atoms with Gasteiger partial charge in [-0.05, 0) is 25.3 Å². The molecule has 0 saturated heterocycles. The Hall–Kier alpha value is -1.73. The first-order valence-electron chi connectivity index (χ1n) is 6.47. The number of rotatable bonds is 4. The fourth-order valence-corrected chi connectivity index (χ4v) is 2.89. The standard InChI is InChI=1S/C13H16N4O2S/c1-9-2-4-10(5-3-9)8-12-15-16-13(20(14,18)19)17(12)11-6-7-11/h2-5,11H,6-8H2,1H3,(H2,14,18,19). The minimum atomic E-state index is -3.83. The number of primary sulfonamides is 1. The molecule has 0 radical (unpaired) electrons. The van der Waals surface area contributed by atoms with Crippen molar-refractivity contribution in [2.24, 2.45) is 5.14 Å². The SMILES string of the molecule is Cc1ccc(Cc2nnc(S(N)(=O)=O)n2C2CC2)cc1. The number of hydrogen-bond donors (Lipinski definition) is 1. The molecular weight excluding hydrogens is 276 g/mol. The lowest BCUT2D eigenvalue weighted by molar-refractivity contribution is 0.560. The smallest absolute Gasteiger partial charge is 0.273 e. The zero-order valence-electron chi connectivity index (χ0n) is 11.2. The first-order valence-corrected chi connectivity index (χ1v) is 8.02. The van der Waals surface area contributed by atoms with Crippen molar-refractivity contribution in [2.45, 2.75) is 37.4 Å². The Morgan fingerprint density at radius 2 is 1.90 bits per heavy atom. The maximum Gasteiger partial charge on any atom is 0.273 e. The van der Waals surface area contributed by atoms with Crippen molar-refractivity contribution in [1.29, 1.82) is 0 Å². The summed E-state index contributed by atoms with van der Waals surface area (Å²) in [5, 5.41) is 12.9. The van der Waals surface area contributed by atoms with Crippen LogP contribution < -0.4 is 5.14 Å². The number of nitrogens with two attached hydrogens (primary N) is 1. The number of nitrogens with zero attached hydrogens (tertiary/aromatic N) is 3. The lowest BCUT2D eigenvalue weighted by Crippen LogP contribution is -2.19. The zero-order valence-corrected chi connectivity index (χ0v) is 12.0. The lowest BCUT2D eigenvalue weighted by atomic mass is 10.1. The number of aromatic nitrogens is 3. The molecule has 0 unspecified atom stereocenters. The predicted octanol–water partition coefficient (Wildman–Crippen LogP) is 1.16.